The largest absolute Gasteiger partial charge is 0.480 e. The summed E-state index contributed by atoms with van der Waals surface area (Å²) in [5.74, 6) is -2.20. The Kier molecular flexibility index (Phi) is 4.78. The smallest absolute Gasteiger partial charge is 0.326 e. The fourth-order valence-electron chi connectivity index (χ4n) is 2.21. The van der Waals surface area contributed by atoms with Crippen LogP contribution in [-0.4, -0.2) is 32.8 Å². The zero-order chi connectivity index (χ0) is 17.1. The first-order chi connectivity index (χ1) is 10.8. The molecule has 7 heteroatoms. The van der Waals surface area contributed by atoms with Crippen molar-refractivity contribution in [2.24, 2.45) is 5.92 Å². The second-order valence-electron chi connectivity index (χ2n) is 5.57. The molecule has 1 heterocycles. The maximum absolute atomic E-state index is 13.0. The number of carbonyl (C=O) groups excluding carboxylic acids is 1. The van der Waals surface area contributed by atoms with Crippen LogP contribution >= 0.6 is 0 Å². The fraction of sp³-hybridized carbons (Fsp3) is 0.312. The topological polar surface area (TPSA) is 84.2 Å². The van der Waals surface area contributed by atoms with Gasteiger partial charge in [0, 0.05) is 0 Å². The minimum atomic E-state index is -1.09. The quantitative estimate of drug-likeness (QED) is 0.884. The highest BCUT2D eigenvalue weighted by atomic mass is 19.1. The highest BCUT2D eigenvalue weighted by Crippen LogP contribution is 2.15. The highest BCUT2D eigenvalue weighted by Gasteiger charge is 2.25. The third-order valence-corrected chi connectivity index (χ3v) is 3.54. The minimum absolute atomic E-state index is 0.246. The lowest BCUT2D eigenvalue weighted by Gasteiger charge is -2.17. The number of hydrogen-bond acceptors (Lipinski definition) is 3. The van der Waals surface area contributed by atoms with Crippen LogP contribution in [0.25, 0.3) is 5.69 Å². The Bertz CT molecular complexity index is 723. The predicted octanol–water partition coefficient (Wildman–Crippen LogP) is 2.16. The van der Waals surface area contributed by atoms with Gasteiger partial charge in [0.2, 0.25) is 0 Å². The van der Waals surface area contributed by atoms with Gasteiger partial charge in [0.25, 0.3) is 5.91 Å². The van der Waals surface area contributed by atoms with Crippen molar-refractivity contribution in [2.75, 3.05) is 0 Å². The molecule has 0 saturated carbocycles. The summed E-state index contributed by atoms with van der Waals surface area (Å²) >= 11 is 0. The normalized spacial score (nSPS) is 12.2. The second kappa shape index (κ2) is 6.60. The Morgan fingerprint density at radius 1 is 1.26 bits per heavy atom. The predicted molar refractivity (Wildman–Crippen MR) is 82.0 cm³/mol. The number of nitrogens with zero attached hydrogens (tertiary/aromatic N) is 2. The van der Waals surface area contributed by atoms with Crippen LogP contribution in [-0.2, 0) is 4.79 Å². The van der Waals surface area contributed by atoms with Gasteiger partial charge in [0.15, 0.2) is 0 Å². The first-order valence-electron chi connectivity index (χ1n) is 7.15. The van der Waals surface area contributed by atoms with Crippen molar-refractivity contribution in [3.63, 3.8) is 0 Å². The molecule has 0 aliphatic rings. The van der Waals surface area contributed by atoms with Crippen LogP contribution in [0.3, 0.4) is 0 Å². The van der Waals surface area contributed by atoms with Gasteiger partial charge in [-0.2, -0.15) is 5.10 Å². The van der Waals surface area contributed by atoms with Gasteiger partial charge in [0.1, 0.15) is 11.9 Å². The molecule has 1 amide bonds. The molecule has 2 aromatic rings. The van der Waals surface area contributed by atoms with Crippen molar-refractivity contribution in [3.05, 3.63) is 47.5 Å². The molecule has 0 aliphatic carbocycles. The summed E-state index contributed by atoms with van der Waals surface area (Å²) in [5, 5.41) is 15.8. The van der Waals surface area contributed by atoms with Gasteiger partial charge in [-0.25, -0.2) is 13.9 Å². The molecule has 6 nitrogen and oxygen atoms in total. The van der Waals surface area contributed by atoms with Crippen LogP contribution in [0.5, 0.6) is 0 Å². The molecular weight excluding hydrogens is 301 g/mol. The van der Waals surface area contributed by atoms with E-state index in [1.807, 2.05) is 0 Å². The molecule has 1 aromatic heterocycles. The number of amides is 1. The van der Waals surface area contributed by atoms with Crippen molar-refractivity contribution in [2.45, 2.75) is 26.8 Å². The van der Waals surface area contributed by atoms with E-state index < -0.39 is 17.9 Å². The summed E-state index contributed by atoms with van der Waals surface area (Å²) in [6, 6.07) is 4.72. The SMILES string of the molecule is Cc1c(C(=O)N[C@@H](C(=O)O)C(C)C)cnn1-c1ccc(F)cc1. The van der Waals surface area contributed by atoms with E-state index in [9.17, 15) is 14.0 Å². The van der Waals surface area contributed by atoms with Gasteiger partial charge >= 0.3 is 5.97 Å². The standard InChI is InChI=1S/C16H18FN3O3/c1-9(2)14(16(22)23)19-15(21)13-8-18-20(10(13)3)12-6-4-11(17)5-7-12/h4-9,14H,1-3H3,(H,19,21)(H,22,23)/t14-/m1/s1. The van der Waals surface area contributed by atoms with E-state index in [2.05, 4.69) is 10.4 Å². The van der Waals surface area contributed by atoms with Gasteiger partial charge in [-0.15, -0.1) is 0 Å². The molecule has 0 fully saturated rings. The summed E-state index contributed by atoms with van der Waals surface area (Å²) in [6.07, 6.45) is 1.37. The average Bonchev–Trinajstić information content (AvgIpc) is 2.86. The lowest BCUT2D eigenvalue weighted by Crippen LogP contribution is -2.44. The van der Waals surface area contributed by atoms with Crippen LogP contribution in [0.4, 0.5) is 4.39 Å². The number of carboxylic acid groups (broad SMARTS) is 1. The molecular formula is C16H18FN3O3. The lowest BCUT2D eigenvalue weighted by atomic mass is 10.0. The lowest BCUT2D eigenvalue weighted by molar-refractivity contribution is -0.140. The number of hydrogen-bond donors (Lipinski definition) is 2. The summed E-state index contributed by atoms with van der Waals surface area (Å²) in [4.78, 5) is 23.5. The summed E-state index contributed by atoms with van der Waals surface area (Å²) < 4.78 is 14.5. The number of halogens is 1. The fourth-order valence-corrected chi connectivity index (χ4v) is 2.21. The van der Waals surface area contributed by atoms with E-state index in [4.69, 9.17) is 5.11 Å². The van der Waals surface area contributed by atoms with Crippen LogP contribution < -0.4 is 5.32 Å². The molecule has 23 heavy (non-hydrogen) atoms. The number of aromatic nitrogens is 2. The monoisotopic (exact) mass is 319 g/mol. The average molecular weight is 319 g/mol. The molecule has 0 saturated heterocycles. The van der Waals surface area contributed by atoms with Gasteiger partial charge in [0.05, 0.1) is 23.1 Å². The van der Waals surface area contributed by atoms with Crippen LogP contribution in [0.2, 0.25) is 0 Å². The van der Waals surface area contributed by atoms with Crippen molar-refractivity contribution >= 4 is 11.9 Å². The Morgan fingerprint density at radius 2 is 1.87 bits per heavy atom. The van der Waals surface area contributed by atoms with Crippen molar-refractivity contribution in [1.29, 1.82) is 0 Å². The highest BCUT2D eigenvalue weighted by molar-refractivity contribution is 5.97. The minimum Gasteiger partial charge on any atom is -0.480 e. The van der Waals surface area contributed by atoms with Crippen LogP contribution in [0.1, 0.15) is 29.9 Å². The molecule has 0 bridgehead atoms. The zero-order valence-corrected chi connectivity index (χ0v) is 13.1. The maximum Gasteiger partial charge on any atom is 0.326 e. The summed E-state index contributed by atoms with van der Waals surface area (Å²) in [7, 11) is 0. The molecule has 0 spiro atoms. The van der Waals surface area contributed by atoms with Gasteiger partial charge in [-0.05, 0) is 37.1 Å². The van der Waals surface area contributed by atoms with E-state index in [1.54, 1.807) is 32.9 Å². The zero-order valence-electron chi connectivity index (χ0n) is 13.1. The van der Waals surface area contributed by atoms with E-state index in [-0.39, 0.29) is 17.3 Å². The summed E-state index contributed by atoms with van der Waals surface area (Å²) in [5.41, 5.74) is 1.44. The number of carboxylic acids is 1. The maximum atomic E-state index is 13.0. The van der Waals surface area contributed by atoms with E-state index in [0.717, 1.165) is 0 Å². The van der Waals surface area contributed by atoms with Gasteiger partial charge in [-0.3, -0.25) is 4.79 Å². The van der Waals surface area contributed by atoms with Crippen molar-refractivity contribution in [1.82, 2.24) is 15.1 Å². The molecule has 0 aliphatic heterocycles. The molecule has 2 N–H and O–H groups in total. The van der Waals surface area contributed by atoms with Gasteiger partial charge in [-0.1, -0.05) is 13.8 Å². The number of nitrogens with one attached hydrogen (secondary N) is 1. The second-order valence-corrected chi connectivity index (χ2v) is 5.57. The first-order valence-corrected chi connectivity index (χ1v) is 7.15. The number of rotatable bonds is 5. The van der Waals surface area contributed by atoms with E-state index in [0.29, 0.717) is 11.4 Å². The third-order valence-electron chi connectivity index (χ3n) is 3.54. The third kappa shape index (κ3) is 3.56. The first kappa shape index (κ1) is 16.7. The van der Waals surface area contributed by atoms with Crippen LogP contribution in [0.15, 0.2) is 30.5 Å². The Morgan fingerprint density at radius 3 is 2.39 bits per heavy atom. The van der Waals surface area contributed by atoms with E-state index >= 15 is 0 Å². The number of carbonyl (C=O) groups is 2. The summed E-state index contributed by atoms with van der Waals surface area (Å²) in [6.45, 7) is 5.12. The molecule has 122 valence electrons. The molecule has 0 unspecified atom stereocenters. The van der Waals surface area contributed by atoms with Crippen LogP contribution in [0, 0.1) is 18.7 Å². The molecule has 1 atom stereocenters. The number of benzene rings is 1. The Labute approximate surface area is 132 Å². The molecule has 2 rings (SSSR count). The van der Waals surface area contributed by atoms with Crippen molar-refractivity contribution in [3.8, 4) is 5.69 Å². The van der Waals surface area contributed by atoms with E-state index in [1.165, 1.54) is 23.0 Å². The molecule has 0 radical (unpaired) electrons. The Hall–Kier alpha value is -2.70. The van der Waals surface area contributed by atoms with Crippen molar-refractivity contribution < 1.29 is 19.1 Å². The van der Waals surface area contributed by atoms with Gasteiger partial charge < -0.3 is 10.4 Å². The molecule has 1 aromatic carbocycles. The Balaban J connectivity index is 2.26. The number of aliphatic carboxylic acids is 1.